The monoisotopic (exact) mass is 1140 g/mol. The Labute approximate surface area is 443 Å². The second-order valence-electron chi connectivity index (χ2n) is 17.1. The van der Waals surface area contributed by atoms with Crippen LogP contribution in [0.25, 0.3) is 21.5 Å². The molecule has 0 aliphatic carbocycles. The molecular weight excluding hydrogens is 1100 g/mol. The smallest absolute Gasteiger partial charge is 0.322 e. The third kappa shape index (κ3) is 12.3. The maximum atomic E-state index is 13.7. The third-order valence-electron chi connectivity index (χ3n) is 11.8. The summed E-state index contributed by atoms with van der Waals surface area (Å²) in [6.45, 7) is 3.30. The van der Waals surface area contributed by atoms with Crippen molar-refractivity contribution >= 4 is 126 Å². The van der Waals surface area contributed by atoms with Gasteiger partial charge in [-0.05, 0) is 122 Å². The Hall–Kier alpha value is -8.93. The van der Waals surface area contributed by atoms with Gasteiger partial charge in [0.15, 0.2) is 0 Å². The highest BCUT2D eigenvalue weighted by molar-refractivity contribution is 7.87. The highest BCUT2D eigenvalue weighted by Crippen LogP contribution is 2.38. The van der Waals surface area contributed by atoms with Crippen molar-refractivity contribution < 1.29 is 75.9 Å². The van der Waals surface area contributed by atoms with E-state index in [0.29, 0.717) is 34.7 Å². The van der Waals surface area contributed by atoms with E-state index in [1.807, 2.05) is 0 Å². The van der Waals surface area contributed by atoms with Crippen molar-refractivity contribution in [2.75, 3.05) is 31.9 Å². The standard InChI is InChI=1S/C51H40N6O17S4/c1-27-13-15-31(49(60)54-39-17-19-43(76(66,67)68)37-12-4-3-11-36(37)39)23-41(27)56-47(58)29-7-5-9-33(21-29)52-51(62)53-34-10-6-8-30(22-34)48(59)57-42-24-32(16-14-28(42)2)50(61)55-40-18-20-44(77(69,70)71)38-25-35(75(63,64)65)26-45(46(38)40)78(72,73)74/h3-26H,1-2H3,(H,54,60)(H,55,61)(H,56,58)(H,57,59)(H2,52,53,62)(H,63,64,65)(H,66,67,68)(H,69,70,71)(H,72,73,74). The van der Waals surface area contributed by atoms with Gasteiger partial charge in [0.1, 0.15) is 14.7 Å². The molecule has 0 aliphatic heterocycles. The minimum Gasteiger partial charge on any atom is -0.322 e. The number of anilines is 6. The van der Waals surface area contributed by atoms with Crippen LogP contribution in [0.5, 0.6) is 0 Å². The predicted molar refractivity (Wildman–Crippen MR) is 287 cm³/mol. The summed E-state index contributed by atoms with van der Waals surface area (Å²) in [6.07, 6.45) is 0. The molecule has 8 rings (SSSR count). The van der Waals surface area contributed by atoms with Crippen LogP contribution >= 0.6 is 0 Å². The first-order valence-corrected chi connectivity index (χ1v) is 28.1. The van der Waals surface area contributed by atoms with Crippen LogP contribution in [0.2, 0.25) is 0 Å². The molecule has 27 heteroatoms. The molecular formula is C51H40N6O17S4. The van der Waals surface area contributed by atoms with Crippen LogP contribution in [0.4, 0.5) is 38.9 Å². The van der Waals surface area contributed by atoms with Crippen LogP contribution in [0, 0.1) is 13.8 Å². The van der Waals surface area contributed by atoms with E-state index in [4.69, 9.17) is 0 Å². The summed E-state index contributed by atoms with van der Waals surface area (Å²) in [5, 5.41) is 14.7. The Kier molecular flexibility index (Phi) is 15.1. The van der Waals surface area contributed by atoms with E-state index in [1.165, 1.54) is 97.1 Å². The summed E-state index contributed by atoms with van der Waals surface area (Å²) in [6, 6.07) is 30.7. The number of hydrogen-bond donors (Lipinski definition) is 10. The van der Waals surface area contributed by atoms with Crippen molar-refractivity contribution in [1.82, 2.24) is 0 Å². The maximum absolute atomic E-state index is 13.7. The molecule has 0 heterocycles. The molecule has 0 saturated heterocycles. The Bertz CT molecular complexity index is 4360. The van der Waals surface area contributed by atoms with E-state index in [0.717, 1.165) is 6.07 Å². The van der Waals surface area contributed by atoms with Crippen LogP contribution < -0.4 is 31.9 Å². The maximum Gasteiger partial charge on any atom is 0.323 e. The van der Waals surface area contributed by atoms with E-state index in [2.05, 4.69) is 31.9 Å². The van der Waals surface area contributed by atoms with Crippen LogP contribution in [-0.4, -0.2) is 81.5 Å². The molecule has 8 aromatic rings. The lowest BCUT2D eigenvalue weighted by Gasteiger charge is -2.16. The van der Waals surface area contributed by atoms with E-state index in [9.17, 15) is 75.9 Å². The number of fused-ring (bicyclic) bond motifs is 2. The second-order valence-corrected chi connectivity index (χ2v) is 22.7. The van der Waals surface area contributed by atoms with Crippen LogP contribution in [0.15, 0.2) is 165 Å². The Morgan fingerprint density at radius 1 is 0.346 bits per heavy atom. The molecule has 6 amide bonds. The van der Waals surface area contributed by atoms with Gasteiger partial charge in [-0.3, -0.25) is 37.4 Å². The van der Waals surface area contributed by atoms with Gasteiger partial charge in [0.05, 0.1) is 10.6 Å². The Morgan fingerprint density at radius 2 is 0.756 bits per heavy atom. The van der Waals surface area contributed by atoms with E-state index in [-0.39, 0.29) is 61.0 Å². The second kappa shape index (κ2) is 21.2. The summed E-state index contributed by atoms with van der Waals surface area (Å²) in [4.78, 5) is 63.6. The lowest BCUT2D eigenvalue weighted by atomic mass is 10.1. The zero-order valence-corrected chi connectivity index (χ0v) is 43.4. The van der Waals surface area contributed by atoms with E-state index in [1.54, 1.807) is 38.1 Å². The SMILES string of the molecule is Cc1ccc(C(=O)Nc2ccc(S(=O)(=O)O)c3ccccc23)cc1NC(=O)c1cccc(NC(=O)Nc2cccc(C(=O)Nc3cc(C(=O)Nc4ccc(S(=O)(=O)O)c5cc(S(=O)(=O)O)cc(S(=O)(=O)O)c45)ccc3C)c2)c1. The van der Waals surface area contributed by atoms with Gasteiger partial charge in [-0.1, -0.05) is 48.5 Å². The average molecular weight is 1140 g/mol. The number of carbonyl (C=O) groups is 5. The largest absolute Gasteiger partial charge is 0.323 e. The number of aryl methyl sites for hydroxylation is 2. The van der Waals surface area contributed by atoms with E-state index >= 15 is 0 Å². The zero-order valence-electron chi connectivity index (χ0n) is 40.1. The van der Waals surface area contributed by atoms with Crippen LogP contribution in [0.1, 0.15) is 52.6 Å². The zero-order chi connectivity index (χ0) is 56.6. The quantitative estimate of drug-likeness (QED) is 0.0458. The first-order chi connectivity index (χ1) is 36.5. The number of nitrogens with one attached hydrogen (secondary N) is 6. The highest BCUT2D eigenvalue weighted by atomic mass is 32.2. The summed E-state index contributed by atoms with van der Waals surface area (Å²) in [5.41, 5.74) is 1.70. The fourth-order valence-corrected chi connectivity index (χ4v) is 10.8. The predicted octanol–water partition coefficient (Wildman–Crippen LogP) is 8.25. The Balaban J connectivity index is 0.924. The number of carbonyl (C=O) groups excluding carboxylic acids is 5. The first kappa shape index (κ1) is 55.3. The number of hydrogen-bond acceptors (Lipinski definition) is 13. The lowest BCUT2D eigenvalue weighted by molar-refractivity contribution is 0.101. The molecule has 400 valence electrons. The van der Waals surface area contributed by atoms with Crippen molar-refractivity contribution in [2.45, 2.75) is 33.4 Å². The fraction of sp³-hybridized carbons (Fsp3) is 0.0392. The molecule has 0 aliphatic rings. The van der Waals surface area contributed by atoms with Gasteiger partial charge in [0, 0.05) is 72.2 Å². The number of rotatable bonds is 14. The van der Waals surface area contributed by atoms with Crippen LogP contribution in [-0.2, 0) is 40.5 Å². The summed E-state index contributed by atoms with van der Waals surface area (Å²) >= 11 is 0. The minimum atomic E-state index is -5.42. The molecule has 0 bridgehead atoms. The molecule has 0 radical (unpaired) electrons. The molecule has 78 heavy (non-hydrogen) atoms. The van der Waals surface area contributed by atoms with Crippen molar-refractivity contribution in [1.29, 1.82) is 0 Å². The van der Waals surface area contributed by atoms with Gasteiger partial charge in [-0.25, -0.2) is 4.79 Å². The number of urea groups is 1. The topological polar surface area (TPSA) is 375 Å². The summed E-state index contributed by atoms with van der Waals surface area (Å²) < 4.78 is 137. The van der Waals surface area contributed by atoms with Gasteiger partial charge < -0.3 is 31.9 Å². The van der Waals surface area contributed by atoms with Crippen molar-refractivity contribution in [3.63, 3.8) is 0 Å². The molecule has 0 spiro atoms. The first-order valence-electron chi connectivity index (χ1n) is 22.3. The fourth-order valence-electron chi connectivity index (χ4n) is 8.02. The van der Waals surface area contributed by atoms with Crippen molar-refractivity contribution in [3.8, 4) is 0 Å². The number of amides is 6. The van der Waals surface area contributed by atoms with E-state index < -0.39 is 101 Å². The minimum absolute atomic E-state index is 0.0350. The third-order valence-corrected chi connectivity index (χ3v) is 15.3. The van der Waals surface area contributed by atoms with Crippen molar-refractivity contribution in [2.24, 2.45) is 0 Å². The van der Waals surface area contributed by atoms with Gasteiger partial charge in [-0.15, -0.1) is 0 Å². The average Bonchev–Trinajstić information content (AvgIpc) is 3.38. The van der Waals surface area contributed by atoms with Gasteiger partial charge in [-0.2, -0.15) is 33.7 Å². The van der Waals surface area contributed by atoms with Gasteiger partial charge in [0.2, 0.25) is 0 Å². The van der Waals surface area contributed by atoms with Gasteiger partial charge >= 0.3 is 6.03 Å². The molecule has 23 nitrogen and oxygen atoms in total. The molecule has 0 atom stereocenters. The Morgan fingerprint density at radius 3 is 1.22 bits per heavy atom. The normalized spacial score (nSPS) is 11.9. The molecule has 0 fully saturated rings. The van der Waals surface area contributed by atoms with Crippen molar-refractivity contribution in [3.05, 3.63) is 179 Å². The molecule has 0 unspecified atom stereocenters. The number of benzene rings is 8. The highest BCUT2D eigenvalue weighted by Gasteiger charge is 2.28. The summed E-state index contributed by atoms with van der Waals surface area (Å²) in [5.74, 6) is -2.87. The molecule has 0 aromatic heterocycles. The molecule has 10 N–H and O–H groups in total. The lowest BCUT2D eigenvalue weighted by Crippen LogP contribution is -2.21. The summed E-state index contributed by atoms with van der Waals surface area (Å²) in [7, 11) is -20.4. The molecule has 8 aromatic carbocycles. The van der Waals surface area contributed by atoms with Gasteiger partial charge in [0.25, 0.3) is 64.1 Å². The molecule has 0 saturated carbocycles. The van der Waals surface area contributed by atoms with Crippen LogP contribution in [0.3, 0.4) is 0 Å².